The molecule has 0 saturated carbocycles. The average Bonchev–Trinajstić information content (AvgIpc) is 2.69. The molecule has 4 rings (SSSR count). The van der Waals surface area contributed by atoms with Crippen molar-refractivity contribution < 1.29 is 10.2 Å². The van der Waals surface area contributed by atoms with Gasteiger partial charge in [-0.05, 0) is 46.0 Å². The summed E-state index contributed by atoms with van der Waals surface area (Å²) < 4.78 is 0. The minimum Gasteiger partial charge on any atom is -0.508 e. The van der Waals surface area contributed by atoms with Gasteiger partial charge in [0, 0.05) is 5.56 Å². The van der Waals surface area contributed by atoms with E-state index in [1.54, 1.807) is 18.2 Å². The zero-order valence-corrected chi connectivity index (χ0v) is 14.1. The first-order valence-corrected chi connectivity index (χ1v) is 8.50. The van der Waals surface area contributed by atoms with Crippen molar-refractivity contribution in [3.05, 3.63) is 97.1 Å². The van der Waals surface area contributed by atoms with E-state index in [9.17, 15) is 10.2 Å². The largest absolute Gasteiger partial charge is 0.508 e. The van der Waals surface area contributed by atoms with Crippen LogP contribution >= 0.6 is 0 Å². The summed E-state index contributed by atoms with van der Waals surface area (Å²) in [4.78, 5) is 0. The third-order valence-electron chi connectivity index (χ3n) is 4.48. The Kier molecular flexibility index (Phi) is 4.16. The molecule has 0 radical (unpaired) electrons. The van der Waals surface area contributed by atoms with Crippen molar-refractivity contribution in [2.24, 2.45) is 0 Å². The van der Waals surface area contributed by atoms with Crippen LogP contribution in [0.5, 0.6) is 11.5 Å². The molecule has 0 bridgehead atoms. The van der Waals surface area contributed by atoms with Crippen LogP contribution in [0.4, 0.5) is 0 Å². The molecule has 4 aromatic rings. The highest BCUT2D eigenvalue weighted by molar-refractivity contribution is 5.94. The number of hydrogen-bond donors (Lipinski definition) is 2. The molecule has 2 heteroatoms. The monoisotopic (exact) mass is 338 g/mol. The Balaban J connectivity index is 2.00. The number of hydrogen-bond acceptors (Lipinski definition) is 2. The smallest absolute Gasteiger partial charge is 0.124 e. The summed E-state index contributed by atoms with van der Waals surface area (Å²) in [6.45, 7) is 0. The summed E-state index contributed by atoms with van der Waals surface area (Å²) in [5.74, 6) is 0.454. The first kappa shape index (κ1) is 16.0. The van der Waals surface area contributed by atoms with Crippen LogP contribution in [0, 0.1) is 0 Å². The van der Waals surface area contributed by atoms with Gasteiger partial charge in [0.1, 0.15) is 11.5 Å². The summed E-state index contributed by atoms with van der Waals surface area (Å²) in [5, 5.41) is 20.6. The summed E-state index contributed by atoms with van der Waals surface area (Å²) in [5.41, 5.74) is 5.57. The van der Waals surface area contributed by atoms with Crippen LogP contribution in [0.15, 0.2) is 97.1 Å². The molecule has 0 unspecified atom stereocenters. The third-order valence-corrected chi connectivity index (χ3v) is 4.48. The van der Waals surface area contributed by atoms with Gasteiger partial charge >= 0.3 is 0 Å². The molecule has 0 aliphatic carbocycles. The molecule has 0 aliphatic heterocycles. The SMILES string of the molecule is Oc1ccc(-c2cccc(O)c2-c2ccccc2)c(-c2ccccc2)c1. The molecule has 4 aromatic carbocycles. The maximum Gasteiger partial charge on any atom is 0.124 e. The van der Waals surface area contributed by atoms with Crippen molar-refractivity contribution in [3.63, 3.8) is 0 Å². The zero-order chi connectivity index (χ0) is 17.9. The number of aromatic hydroxyl groups is 2. The summed E-state index contributed by atoms with van der Waals surface area (Å²) in [6.07, 6.45) is 0. The van der Waals surface area contributed by atoms with Crippen molar-refractivity contribution >= 4 is 0 Å². The van der Waals surface area contributed by atoms with E-state index in [0.717, 1.165) is 33.4 Å². The van der Waals surface area contributed by atoms with Gasteiger partial charge in [-0.1, -0.05) is 78.9 Å². The van der Waals surface area contributed by atoms with Crippen molar-refractivity contribution in [1.29, 1.82) is 0 Å². The van der Waals surface area contributed by atoms with Gasteiger partial charge in [-0.15, -0.1) is 0 Å². The van der Waals surface area contributed by atoms with E-state index in [1.807, 2.05) is 78.9 Å². The second-order valence-corrected chi connectivity index (χ2v) is 6.16. The van der Waals surface area contributed by atoms with E-state index in [1.165, 1.54) is 0 Å². The summed E-state index contributed by atoms with van der Waals surface area (Å²) in [7, 11) is 0. The Hall–Kier alpha value is -3.52. The normalized spacial score (nSPS) is 10.6. The van der Waals surface area contributed by atoms with Crippen molar-refractivity contribution in [3.8, 4) is 44.9 Å². The second-order valence-electron chi connectivity index (χ2n) is 6.16. The Morgan fingerprint density at radius 1 is 0.462 bits per heavy atom. The quantitative estimate of drug-likeness (QED) is 0.474. The highest BCUT2D eigenvalue weighted by atomic mass is 16.3. The minimum absolute atomic E-state index is 0.217. The van der Waals surface area contributed by atoms with E-state index >= 15 is 0 Å². The van der Waals surface area contributed by atoms with Crippen LogP contribution in [0.1, 0.15) is 0 Å². The maximum absolute atomic E-state index is 10.6. The maximum atomic E-state index is 10.6. The lowest BCUT2D eigenvalue weighted by Crippen LogP contribution is -1.90. The fourth-order valence-corrected chi connectivity index (χ4v) is 3.30. The molecule has 0 amide bonds. The highest BCUT2D eigenvalue weighted by Gasteiger charge is 2.16. The van der Waals surface area contributed by atoms with E-state index in [0.29, 0.717) is 0 Å². The van der Waals surface area contributed by atoms with Crippen LogP contribution in [0.2, 0.25) is 0 Å². The van der Waals surface area contributed by atoms with Gasteiger partial charge in [0.25, 0.3) is 0 Å². The molecule has 2 nitrogen and oxygen atoms in total. The first-order valence-electron chi connectivity index (χ1n) is 8.50. The van der Waals surface area contributed by atoms with E-state index in [2.05, 4.69) is 0 Å². The molecule has 0 atom stereocenters. The van der Waals surface area contributed by atoms with Crippen LogP contribution in [-0.4, -0.2) is 10.2 Å². The van der Waals surface area contributed by atoms with E-state index in [4.69, 9.17) is 0 Å². The van der Waals surface area contributed by atoms with Gasteiger partial charge in [0.15, 0.2) is 0 Å². The zero-order valence-electron chi connectivity index (χ0n) is 14.1. The van der Waals surface area contributed by atoms with Gasteiger partial charge in [-0.2, -0.15) is 0 Å². The van der Waals surface area contributed by atoms with Crippen molar-refractivity contribution in [2.75, 3.05) is 0 Å². The molecule has 126 valence electrons. The topological polar surface area (TPSA) is 40.5 Å². The van der Waals surface area contributed by atoms with Gasteiger partial charge in [-0.25, -0.2) is 0 Å². The standard InChI is InChI=1S/C24H18O2/c25-19-14-15-20(22(16-19)17-8-3-1-4-9-17)21-12-7-13-23(26)24(21)18-10-5-2-6-11-18/h1-16,25-26H. The van der Waals surface area contributed by atoms with Gasteiger partial charge in [0.2, 0.25) is 0 Å². The lowest BCUT2D eigenvalue weighted by atomic mass is 9.89. The van der Waals surface area contributed by atoms with Crippen molar-refractivity contribution in [2.45, 2.75) is 0 Å². The minimum atomic E-state index is 0.217. The van der Waals surface area contributed by atoms with Gasteiger partial charge < -0.3 is 10.2 Å². The summed E-state index contributed by atoms with van der Waals surface area (Å²) >= 11 is 0. The van der Waals surface area contributed by atoms with Crippen LogP contribution in [0.25, 0.3) is 33.4 Å². The van der Waals surface area contributed by atoms with E-state index in [-0.39, 0.29) is 11.5 Å². The molecule has 0 saturated heterocycles. The van der Waals surface area contributed by atoms with Gasteiger partial charge in [0.05, 0.1) is 0 Å². The van der Waals surface area contributed by atoms with Crippen LogP contribution in [-0.2, 0) is 0 Å². The molecule has 0 fully saturated rings. The number of phenols is 2. The fraction of sp³-hybridized carbons (Fsp3) is 0. The molecule has 0 spiro atoms. The number of rotatable bonds is 3. The molecular weight excluding hydrogens is 320 g/mol. The molecule has 0 heterocycles. The number of benzene rings is 4. The Bertz CT molecular complexity index is 1040. The lowest BCUT2D eigenvalue weighted by Gasteiger charge is -2.16. The predicted octanol–water partition coefficient (Wildman–Crippen LogP) is 6.10. The Morgan fingerprint density at radius 2 is 1.12 bits per heavy atom. The molecule has 0 aliphatic rings. The Morgan fingerprint density at radius 3 is 1.81 bits per heavy atom. The molecule has 26 heavy (non-hydrogen) atoms. The van der Waals surface area contributed by atoms with Crippen LogP contribution in [0.3, 0.4) is 0 Å². The third kappa shape index (κ3) is 2.93. The first-order chi connectivity index (χ1) is 12.7. The van der Waals surface area contributed by atoms with Crippen molar-refractivity contribution in [1.82, 2.24) is 0 Å². The van der Waals surface area contributed by atoms with E-state index < -0.39 is 0 Å². The average molecular weight is 338 g/mol. The summed E-state index contributed by atoms with van der Waals surface area (Å²) in [6, 6.07) is 30.7. The van der Waals surface area contributed by atoms with Crippen LogP contribution < -0.4 is 0 Å². The Labute approximate surface area is 152 Å². The molecular formula is C24H18O2. The van der Waals surface area contributed by atoms with Gasteiger partial charge in [-0.3, -0.25) is 0 Å². The molecule has 2 N–H and O–H groups in total. The number of phenolic OH excluding ortho intramolecular Hbond substituents is 2. The fourth-order valence-electron chi connectivity index (χ4n) is 3.30. The predicted molar refractivity (Wildman–Crippen MR) is 106 cm³/mol. The highest BCUT2D eigenvalue weighted by Crippen LogP contribution is 2.43. The molecule has 0 aromatic heterocycles. The lowest BCUT2D eigenvalue weighted by molar-refractivity contribution is 0.475. The second kappa shape index (κ2) is 6.77.